The first-order chi connectivity index (χ1) is 5.25. The van der Waals surface area contributed by atoms with E-state index >= 15 is 0 Å². The van der Waals surface area contributed by atoms with Gasteiger partial charge < -0.3 is 0 Å². The van der Waals surface area contributed by atoms with Gasteiger partial charge in [0, 0.05) is 16.0 Å². The first-order valence-corrected chi connectivity index (χ1v) is 5.01. The minimum atomic E-state index is 0.753. The molecule has 0 atom stereocenters. The molecule has 0 aliphatic carbocycles. The van der Waals surface area contributed by atoms with Crippen molar-refractivity contribution in [3.8, 4) is 0 Å². The zero-order valence-electron chi connectivity index (χ0n) is 5.85. The van der Waals surface area contributed by atoms with E-state index in [4.69, 9.17) is 0 Å². The Balaban J connectivity index is 3.03. The normalized spacial score (nSPS) is 9.64. The number of nitrogens with zero attached hydrogens (tertiary/aromatic N) is 1. The summed E-state index contributed by atoms with van der Waals surface area (Å²) < 4.78 is 0.990. The fourth-order valence-corrected chi connectivity index (χ4v) is 1.51. The number of rotatable bonds is 2. The lowest BCUT2D eigenvalue weighted by molar-refractivity contribution is 1.25. The molecule has 0 aliphatic rings. The Bertz CT molecular complexity index is 271. The van der Waals surface area contributed by atoms with Crippen molar-refractivity contribution in [1.29, 1.82) is 0 Å². The van der Waals surface area contributed by atoms with Crippen molar-refractivity contribution in [3.05, 3.63) is 35.1 Å². The number of allylic oxidation sites excluding steroid dienone is 1. The second kappa shape index (κ2) is 4.02. The molecule has 0 saturated carbocycles. The van der Waals surface area contributed by atoms with E-state index in [2.05, 4.69) is 43.4 Å². The van der Waals surface area contributed by atoms with Gasteiger partial charge in [0.05, 0.1) is 5.69 Å². The number of alkyl halides is 1. The van der Waals surface area contributed by atoms with E-state index in [1.807, 2.05) is 12.1 Å². The zero-order chi connectivity index (χ0) is 8.27. The summed E-state index contributed by atoms with van der Waals surface area (Å²) in [7, 11) is 0. The fraction of sp³-hybridized carbons (Fsp3) is 0.125. The number of hydrogen-bond donors (Lipinski definition) is 0. The monoisotopic (exact) mass is 275 g/mol. The molecule has 11 heavy (non-hydrogen) atoms. The first-order valence-electron chi connectivity index (χ1n) is 3.10. The quantitative estimate of drug-likeness (QED) is 0.756. The van der Waals surface area contributed by atoms with Gasteiger partial charge in [0.15, 0.2) is 0 Å². The van der Waals surface area contributed by atoms with E-state index in [0.29, 0.717) is 0 Å². The van der Waals surface area contributed by atoms with Crippen molar-refractivity contribution in [3.63, 3.8) is 0 Å². The van der Waals surface area contributed by atoms with Gasteiger partial charge in [-0.05, 0) is 33.6 Å². The number of halogens is 2. The third kappa shape index (κ3) is 2.14. The predicted molar refractivity (Wildman–Crippen MR) is 54.8 cm³/mol. The van der Waals surface area contributed by atoms with Crippen LogP contribution in [0.1, 0.15) is 5.69 Å². The minimum absolute atomic E-state index is 0.753. The molecule has 0 N–H and O–H groups in total. The maximum atomic E-state index is 4.17. The van der Waals surface area contributed by atoms with Crippen LogP contribution in [0.3, 0.4) is 0 Å². The standard InChI is InChI=1S/C8H7Br2N/c1-6(5-9)8-7(10)3-2-4-11-8/h2-4H,1,5H2. The average molecular weight is 277 g/mol. The van der Waals surface area contributed by atoms with Crippen LogP contribution in [0.15, 0.2) is 29.4 Å². The molecule has 0 radical (unpaired) electrons. The molecule has 58 valence electrons. The van der Waals surface area contributed by atoms with Gasteiger partial charge in [0.1, 0.15) is 0 Å². The van der Waals surface area contributed by atoms with Crippen LogP contribution in [0.2, 0.25) is 0 Å². The van der Waals surface area contributed by atoms with Crippen LogP contribution in [-0.2, 0) is 0 Å². The number of hydrogen-bond acceptors (Lipinski definition) is 1. The lowest BCUT2D eigenvalue weighted by Crippen LogP contribution is -1.89. The number of aromatic nitrogens is 1. The molecule has 0 spiro atoms. The summed E-state index contributed by atoms with van der Waals surface area (Å²) in [6.07, 6.45) is 1.76. The van der Waals surface area contributed by atoms with E-state index in [9.17, 15) is 0 Å². The summed E-state index contributed by atoms with van der Waals surface area (Å²) >= 11 is 6.72. The molecule has 0 amide bonds. The summed E-state index contributed by atoms with van der Waals surface area (Å²) in [5.74, 6) is 0. The Morgan fingerprint density at radius 1 is 1.64 bits per heavy atom. The molecule has 0 aliphatic heterocycles. The van der Waals surface area contributed by atoms with Crippen molar-refractivity contribution >= 4 is 37.4 Å². The summed E-state index contributed by atoms with van der Waals surface area (Å²) in [5.41, 5.74) is 1.90. The Hall–Kier alpha value is -0.150. The van der Waals surface area contributed by atoms with Crippen LogP contribution in [-0.4, -0.2) is 10.3 Å². The van der Waals surface area contributed by atoms with Gasteiger partial charge in [-0.2, -0.15) is 0 Å². The van der Waals surface area contributed by atoms with Crippen molar-refractivity contribution in [2.75, 3.05) is 5.33 Å². The average Bonchev–Trinajstić information content (AvgIpc) is 2.04. The van der Waals surface area contributed by atoms with Crippen LogP contribution in [0.5, 0.6) is 0 Å². The summed E-state index contributed by atoms with van der Waals surface area (Å²) in [6.45, 7) is 3.86. The molecule has 0 fully saturated rings. The maximum Gasteiger partial charge on any atom is 0.0806 e. The molecule has 0 unspecified atom stereocenters. The van der Waals surface area contributed by atoms with E-state index < -0.39 is 0 Å². The van der Waals surface area contributed by atoms with Crippen LogP contribution < -0.4 is 0 Å². The highest BCUT2D eigenvalue weighted by atomic mass is 79.9. The topological polar surface area (TPSA) is 12.9 Å². The highest BCUT2D eigenvalue weighted by Crippen LogP contribution is 2.21. The fourth-order valence-electron chi connectivity index (χ4n) is 0.709. The van der Waals surface area contributed by atoms with E-state index in [1.165, 1.54) is 0 Å². The lowest BCUT2D eigenvalue weighted by atomic mass is 10.2. The van der Waals surface area contributed by atoms with E-state index in [0.717, 1.165) is 21.1 Å². The zero-order valence-corrected chi connectivity index (χ0v) is 9.02. The van der Waals surface area contributed by atoms with Crippen molar-refractivity contribution in [1.82, 2.24) is 4.98 Å². The van der Waals surface area contributed by atoms with Crippen molar-refractivity contribution in [2.24, 2.45) is 0 Å². The van der Waals surface area contributed by atoms with Gasteiger partial charge in [-0.25, -0.2) is 0 Å². The van der Waals surface area contributed by atoms with Crippen molar-refractivity contribution < 1.29 is 0 Å². The summed E-state index contributed by atoms with van der Waals surface area (Å²) in [5, 5.41) is 0.753. The smallest absolute Gasteiger partial charge is 0.0806 e. The molecule has 0 bridgehead atoms. The highest BCUT2D eigenvalue weighted by molar-refractivity contribution is 9.10. The van der Waals surface area contributed by atoms with Crippen LogP contribution in [0.25, 0.3) is 5.57 Å². The molecule has 1 aromatic rings. The van der Waals surface area contributed by atoms with Crippen LogP contribution >= 0.6 is 31.9 Å². The molecule has 3 heteroatoms. The molecule has 1 aromatic heterocycles. The lowest BCUT2D eigenvalue weighted by Gasteiger charge is -2.01. The highest BCUT2D eigenvalue weighted by Gasteiger charge is 2.01. The predicted octanol–water partition coefficient (Wildman–Crippen LogP) is 3.25. The van der Waals surface area contributed by atoms with Crippen molar-refractivity contribution in [2.45, 2.75) is 0 Å². The van der Waals surface area contributed by atoms with Gasteiger partial charge in [0.2, 0.25) is 0 Å². The van der Waals surface area contributed by atoms with Gasteiger partial charge in [-0.1, -0.05) is 22.5 Å². The first kappa shape index (κ1) is 8.94. The van der Waals surface area contributed by atoms with Gasteiger partial charge in [-0.3, -0.25) is 4.98 Å². The Morgan fingerprint density at radius 3 is 2.91 bits per heavy atom. The second-order valence-corrected chi connectivity index (χ2v) is 3.49. The molecule has 1 rings (SSSR count). The molecule has 1 heterocycles. The third-order valence-electron chi connectivity index (χ3n) is 1.25. The van der Waals surface area contributed by atoms with Crippen LogP contribution in [0, 0.1) is 0 Å². The molecule has 0 saturated heterocycles. The van der Waals surface area contributed by atoms with Gasteiger partial charge >= 0.3 is 0 Å². The maximum absolute atomic E-state index is 4.17. The van der Waals surface area contributed by atoms with Crippen LogP contribution in [0.4, 0.5) is 0 Å². The van der Waals surface area contributed by atoms with Gasteiger partial charge in [-0.15, -0.1) is 0 Å². The Morgan fingerprint density at radius 2 is 2.36 bits per heavy atom. The van der Waals surface area contributed by atoms with E-state index in [-0.39, 0.29) is 0 Å². The molecule has 0 aromatic carbocycles. The molecular formula is C8H7Br2N. The summed E-state index contributed by atoms with van der Waals surface area (Å²) in [4.78, 5) is 4.17. The SMILES string of the molecule is C=C(CBr)c1ncccc1Br. The largest absolute Gasteiger partial charge is 0.255 e. The minimum Gasteiger partial charge on any atom is -0.255 e. The molecule has 1 nitrogen and oxygen atoms in total. The molecular weight excluding hydrogens is 270 g/mol. The summed E-state index contributed by atoms with van der Waals surface area (Å²) in [6, 6.07) is 3.84. The Labute approximate surface area is 82.8 Å². The third-order valence-corrected chi connectivity index (χ3v) is 2.57. The van der Waals surface area contributed by atoms with Gasteiger partial charge in [0.25, 0.3) is 0 Å². The second-order valence-electron chi connectivity index (χ2n) is 2.07. The van der Waals surface area contributed by atoms with E-state index in [1.54, 1.807) is 6.20 Å². The number of pyridine rings is 1. The Kier molecular flexibility index (Phi) is 3.27.